The Morgan fingerprint density at radius 3 is 1.75 bits per heavy atom. The van der Waals surface area contributed by atoms with Crippen molar-refractivity contribution in [2.24, 2.45) is 0 Å². The molecule has 0 aliphatic rings. The van der Waals surface area contributed by atoms with Gasteiger partial charge in [-0.3, -0.25) is 4.79 Å². The Labute approximate surface area is 91.0 Å². The monoisotopic (exact) mass is 240 g/mol. The van der Waals surface area contributed by atoms with Gasteiger partial charge >= 0.3 is 0 Å². The third kappa shape index (κ3) is 3.76. The number of carbonyl (C=O) groups excluding carboxylic acids is 1. The van der Waals surface area contributed by atoms with Crippen LogP contribution in [0, 0.1) is 0 Å². The molecule has 0 aromatic heterocycles. The van der Waals surface area contributed by atoms with Gasteiger partial charge in [0.2, 0.25) is 0 Å². The first-order chi connectivity index (χ1) is 7.36. The Morgan fingerprint density at radius 1 is 0.875 bits per heavy atom. The van der Waals surface area contributed by atoms with Crippen LogP contribution in [-0.4, -0.2) is 85.3 Å². The summed E-state index contributed by atoms with van der Waals surface area (Å²) in [6, 6.07) is 0. The highest BCUT2D eigenvalue weighted by molar-refractivity contribution is 5.87. The van der Waals surface area contributed by atoms with E-state index in [0.717, 1.165) is 0 Å². The number of Topliss-reactive ketones (excluding diaryl/α,β-unsaturated/α-hetero) is 1. The van der Waals surface area contributed by atoms with Gasteiger partial charge in [-0.05, 0) is 0 Å². The van der Waals surface area contributed by atoms with Gasteiger partial charge in [0.1, 0.15) is 30.5 Å². The Bertz CT molecular complexity index is 220. The van der Waals surface area contributed by atoms with Crippen LogP contribution in [0.15, 0.2) is 0 Å². The Kier molecular flexibility index (Phi) is 6.60. The maximum Gasteiger partial charge on any atom is 0.194 e. The molecule has 0 rings (SSSR count). The molecule has 0 saturated carbocycles. The highest BCUT2D eigenvalue weighted by atomic mass is 16.4. The first-order valence-corrected chi connectivity index (χ1v) is 4.52. The molecule has 0 fully saturated rings. The molecule has 5 atom stereocenters. The molecule has 7 N–H and O–H groups in total. The zero-order valence-electron chi connectivity index (χ0n) is 8.34. The van der Waals surface area contributed by atoms with Crippen molar-refractivity contribution in [2.75, 3.05) is 13.2 Å². The van der Waals surface area contributed by atoms with Crippen LogP contribution < -0.4 is 0 Å². The fourth-order valence-corrected chi connectivity index (χ4v) is 0.978. The van der Waals surface area contributed by atoms with Gasteiger partial charge in [0, 0.05) is 0 Å². The van der Waals surface area contributed by atoms with Crippen LogP contribution in [0.5, 0.6) is 0 Å². The van der Waals surface area contributed by atoms with E-state index in [0.29, 0.717) is 0 Å². The maximum absolute atomic E-state index is 11.1. The van der Waals surface area contributed by atoms with Crippen LogP contribution in [-0.2, 0) is 4.79 Å². The third-order valence-corrected chi connectivity index (χ3v) is 2.05. The van der Waals surface area contributed by atoms with Crippen molar-refractivity contribution >= 4 is 5.78 Å². The predicted octanol–water partition coefficient (Wildman–Crippen LogP) is -4.66. The minimum atomic E-state index is -2.17. The molecule has 0 unspecified atom stereocenters. The molecule has 0 saturated heterocycles. The summed E-state index contributed by atoms with van der Waals surface area (Å²) in [6.45, 7) is -1.82. The second-order valence-corrected chi connectivity index (χ2v) is 3.28. The first-order valence-electron chi connectivity index (χ1n) is 4.52. The van der Waals surface area contributed by atoms with Crippen LogP contribution in [0.4, 0.5) is 0 Å². The topological polar surface area (TPSA) is 159 Å². The molecule has 0 aromatic rings. The van der Waals surface area contributed by atoms with E-state index in [1.807, 2.05) is 0 Å². The summed E-state index contributed by atoms with van der Waals surface area (Å²) in [6.07, 6.45) is -9.81. The lowest BCUT2D eigenvalue weighted by molar-refractivity contribution is -0.155. The average molecular weight is 240 g/mol. The van der Waals surface area contributed by atoms with Crippen molar-refractivity contribution in [3.8, 4) is 0 Å². The normalized spacial score (nSPS) is 20.9. The van der Waals surface area contributed by atoms with Gasteiger partial charge in [-0.25, -0.2) is 0 Å². The van der Waals surface area contributed by atoms with Crippen molar-refractivity contribution in [2.45, 2.75) is 30.5 Å². The number of aliphatic hydroxyl groups is 7. The number of ketones is 1. The minimum Gasteiger partial charge on any atom is -0.394 e. The van der Waals surface area contributed by atoms with Gasteiger partial charge in [-0.15, -0.1) is 0 Å². The standard InChI is InChI=1S/C8H16O8/c9-1-3(11)5(13)7(15)8(16)6(14)4(12)2-10/h3-5,7-13,15-16H,1-2H2/t3-,4-,5-,7-,8-/m1/s1. The van der Waals surface area contributed by atoms with Crippen LogP contribution in [0.1, 0.15) is 0 Å². The summed E-state index contributed by atoms with van der Waals surface area (Å²) in [7, 11) is 0. The van der Waals surface area contributed by atoms with Crippen molar-refractivity contribution in [3.05, 3.63) is 0 Å². The van der Waals surface area contributed by atoms with E-state index < -0.39 is 49.5 Å². The van der Waals surface area contributed by atoms with Gasteiger partial charge in [0.15, 0.2) is 5.78 Å². The fourth-order valence-electron chi connectivity index (χ4n) is 0.978. The Balaban J connectivity index is 4.48. The largest absolute Gasteiger partial charge is 0.394 e. The van der Waals surface area contributed by atoms with Crippen LogP contribution in [0.25, 0.3) is 0 Å². The predicted molar refractivity (Wildman–Crippen MR) is 49.2 cm³/mol. The van der Waals surface area contributed by atoms with Crippen molar-refractivity contribution < 1.29 is 40.5 Å². The fraction of sp³-hybridized carbons (Fsp3) is 0.875. The van der Waals surface area contributed by atoms with Crippen LogP contribution >= 0.6 is 0 Å². The molecule has 0 heterocycles. The summed E-state index contributed by atoms with van der Waals surface area (Å²) >= 11 is 0. The first kappa shape index (κ1) is 15.4. The molecule has 16 heavy (non-hydrogen) atoms. The maximum atomic E-state index is 11.1. The minimum absolute atomic E-state index is 0.873. The van der Waals surface area contributed by atoms with Crippen molar-refractivity contribution in [1.29, 1.82) is 0 Å². The number of carbonyl (C=O) groups is 1. The van der Waals surface area contributed by atoms with Gasteiger partial charge in [0.25, 0.3) is 0 Å². The van der Waals surface area contributed by atoms with E-state index in [-0.39, 0.29) is 0 Å². The molecule has 0 amide bonds. The molecule has 96 valence electrons. The molecule has 8 nitrogen and oxygen atoms in total. The second kappa shape index (κ2) is 6.86. The van der Waals surface area contributed by atoms with E-state index in [1.165, 1.54) is 0 Å². The van der Waals surface area contributed by atoms with E-state index in [2.05, 4.69) is 0 Å². The van der Waals surface area contributed by atoms with Gasteiger partial charge in [-0.1, -0.05) is 0 Å². The van der Waals surface area contributed by atoms with Crippen molar-refractivity contribution in [3.63, 3.8) is 0 Å². The lowest BCUT2D eigenvalue weighted by Gasteiger charge is -2.25. The summed E-state index contributed by atoms with van der Waals surface area (Å²) in [5.74, 6) is -1.29. The summed E-state index contributed by atoms with van der Waals surface area (Å²) in [5, 5.41) is 62.2. The average Bonchev–Trinajstić information content (AvgIpc) is 2.32. The SMILES string of the molecule is O=C([C@H](O)CO)[C@@H](O)[C@H](O)[C@H](O)[C@H](O)CO. The molecule has 8 heteroatoms. The van der Waals surface area contributed by atoms with Crippen LogP contribution in [0.2, 0.25) is 0 Å². The zero-order chi connectivity index (χ0) is 12.9. The van der Waals surface area contributed by atoms with Gasteiger partial charge < -0.3 is 35.7 Å². The lowest BCUT2D eigenvalue weighted by atomic mass is 9.98. The zero-order valence-corrected chi connectivity index (χ0v) is 8.34. The Morgan fingerprint density at radius 2 is 1.38 bits per heavy atom. The van der Waals surface area contributed by atoms with Crippen LogP contribution in [0.3, 0.4) is 0 Å². The third-order valence-electron chi connectivity index (χ3n) is 2.05. The molecule has 0 bridgehead atoms. The smallest absolute Gasteiger partial charge is 0.194 e. The number of aliphatic hydroxyl groups excluding tert-OH is 7. The molecular weight excluding hydrogens is 224 g/mol. The summed E-state index contributed by atoms with van der Waals surface area (Å²) in [4.78, 5) is 11.1. The Hall–Kier alpha value is -0.610. The number of hydrogen-bond donors (Lipinski definition) is 7. The van der Waals surface area contributed by atoms with E-state index in [9.17, 15) is 15.0 Å². The highest BCUT2D eigenvalue weighted by Crippen LogP contribution is 2.07. The van der Waals surface area contributed by atoms with E-state index in [4.69, 9.17) is 25.5 Å². The van der Waals surface area contributed by atoms with Gasteiger partial charge in [0.05, 0.1) is 13.2 Å². The highest BCUT2D eigenvalue weighted by Gasteiger charge is 2.36. The second-order valence-electron chi connectivity index (χ2n) is 3.28. The lowest BCUT2D eigenvalue weighted by Crippen LogP contribution is -2.51. The molecular formula is C8H16O8. The molecule has 0 aromatic carbocycles. The molecule has 0 radical (unpaired) electrons. The quantitative estimate of drug-likeness (QED) is 0.234. The molecule has 0 spiro atoms. The van der Waals surface area contributed by atoms with E-state index in [1.54, 1.807) is 0 Å². The van der Waals surface area contributed by atoms with Crippen molar-refractivity contribution in [1.82, 2.24) is 0 Å². The molecule has 0 aliphatic heterocycles. The molecule has 0 aliphatic carbocycles. The number of hydrogen-bond acceptors (Lipinski definition) is 8. The van der Waals surface area contributed by atoms with E-state index >= 15 is 0 Å². The summed E-state index contributed by atoms with van der Waals surface area (Å²) in [5.41, 5.74) is 0. The number of rotatable bonds is 7. The van der Waals surface area contributed by atoms with Gasteiger partial charge in [-0.2, -0.15) is 0 Å². The summed E-state index contributed by atoms with van der Waals surface area (Å²) < 4.78 is 0.